The molecular weight excluding hydrogens is 361 g/mol. The molecule has 2 aromatic carbocycles. The fraction of sp³-hybridized carbons (Fsp3) is 0.278. The topological polar surface area (TPSA) is 38.3 Å². The van der Waals surface area contributed by atoms with E-state index in [0.717, 1.165) is 10.0 Å². The van der Waals surface area contributed by atoms with Gasteiger partial charge in [-0.3, -0.25) is 4.79 Å². The average Bonchev–Trinajstić information content (AvgIpc) is 2.47. The molecule has 0 atom stereocenters. The van der Waals surface area contributed by atoms with Crippen LogP contribution < -0.4 is 10.1 Å². The number of carbonyl (C=O) groups is 1. The lowest BCUT2D eigenvalue weighted by atomic mass is 9.87. The molecule has 23 heavy (non-hydrogen) atoms. The number of benzene rings is 2. The molecule has 0 aliphatic carbocycles. The summed E-state index contributed by atoms with van der Waals surface area (Å²) >= 11 is 3.45. The molecule has 0 bridgehead atoms. The van der Waals surface area contributed by atoms with Crippen molar-refractivity contribution in [3.05, 3.63) is 58.3 Å². The summed E-state index contributed by atoms with van der Waals surface area (Å²) in [6.07, 6.45) is 0. The molecule has 5 heteroatoms. The van der Waals surface area contributed by atoms with Crippen LogP contribution in [0.15, 0.2) is 46.9 Å². The quantitative estimate of drug-likeness (QED) is 0.819. The van der Waals surface area contributed by atoms with Gasteiger partial charge in [-0.2, -0.15) is 0 Å². The van der Waals surface area contributed by atoms with Crippen LogP contribution in [0.25, 0.3) is 0 Å². The maximum atomic E-state index is 13.5. The van der Waals surface area contributed by atoms with Crippen molar-refractivity contribution in [2.45, 2.75) is 26.2 Å². The third-order valence-electron chi connectivity index (χ3n) is 3.30. The Labute approximate surface area is 144 Å². The highest BCUT2D eigenvalue weighted by atomic mass is 79.9. The summed E-state index contributed by atoms with van der Waals surface area (Å²) in [7, 11) is 0. The molecule has 0 aliphatic rings. The van der Waals surface area contributed by atoms with Gasteiger partial charge in [-0.05, 0) is 51.2 Å². The number of carbonyl (C=O) groups excluding carboxylic acids is 1. The van der Waals surface area contributed by atoms with Gasteiger partial charge in [0, 0.05) is 0 Å². The van der Waals surface area contributed by atoms with Crippen molar-refractivity contribution in [1.29, 1.82) is 0 Å². The minimum absolute atomic E-state index is 0.0310. The lowest BCUT2D eigenvalue weighted by Crippen LogP contribution is -2.21. The third-order valence-corrected chi connectivity index (χ3v) is 3.92. The molecule has 0 aliphatic heterocycles. The molecule has 0 saturated carbocycles. The summed E-state index contributed by atoms with van der Waals surface area (Å²) in [5.74, 6) is -0.319. The highest BCUT2D eigenvalue weighted by molar-refractivity contribution is 9.10. The fourth-order valence-corrected chi connectivity index (χ4v) is 2.47. The van der Waals surface area contributed by atoms with Crippen LogP contribution in [0.3, 0.4) is 0 Å². The lowest BCUT2D eigenvalue weighted by Gasteiger charge is -2.20. The van der Waals surface area contributed by atoms with E-state index in [2.05, 4.69) is 42.0 Å². The highest BCUT2D eigenvalue weighted by Crippen LogP contribution is 2.31. The molecule has 0 spiro atoms. The molecule has 0 unspecified atom stereocenters. The maximum absolute atomic E-state index is 13.5. The largest absolute Gasteiger partial charge is 0.483 e. The maximum Gasteiger partial charge on any atom is 0.262 e. The van der Waals surface area contributed by atoms with Crippen molar-refractivity contribution in [2.24, 2.45) is 0 Å². The first-order chi connectivity index (χ1) is 10.8. The van der Waals surface area contributed by atoms with Crippen molar-refractivity contribution >= 4 is 27.5 Å². The number of hydrogen-bond donors (Lipinski definition) is 1. The molecular formula is C18H19BrFNO2. The second-order valence-corrected chi connectivity index (χ2v) is 7.07. The second kappa shape index (κ2) is 7.13. The van der Waals surface area contributed by atoms with Gasteiger partial charge in [-0.25, -0.2) is 4.39 Å². The number of rotatable bonds is 4. The summed E-state index contributed by atoms with van der Waals surface area (Å²) in [5, 5.41) is 2.48. The first-order valence-corrected chi connectivity index (χ1v) is 8.04. The monoisotopic (exact) mass is 379 g/mol. The molecule has 2 aromatic rings. The van der Waals surface area contributed by atoms with Crippen LogP contribution in [0.2, 0.25) is 0 Å². The highest BCUT2D eigenvalue weighted by Gasteiger charge is 2.16. The molecule has 122 valence electrons. The van der Waals surface area contributed by atoms with Crippen molar-refractivity contribution in [2.75, 3.05) is 11.9 Å². The van der Waals surface area contributed by atoms with E-state index in [1.54, 1.807) is 12.1 Å². The number of hydrogen-bond acceptors (Lipinski definition) is 2. The van der Waals surface area contributed by atoms with Crippen LogP contribution in [0.5, 0.6) is 5.75 Å². The predicted octanol–water partition coefficient (Wildman–Crippen LogP) is 4.90. The van der Waals surface area contributed by atoms with Crippen LogP contribution in [0, 0.1) is 5.82 Å². The predicted molar refractivity (Wildman–Crippen MR) is 93.4 cm³/mol. The van der Waals surface area contributed by atoms with Gasteiger partial charge in [0.2, 0.25) is 0 Å². The Kier molecular flexibility index (Phi) is 5.42. The Morgan fingerprint density at radius 3 is 2.52 bits per heavy atom. The van der Waals surface area contributed by atoms with Gasteiger partial charge in [-0.15, -0.1) is 0 Å². The van der Waals surface area contributed by atoms with Crippen molar-refractivity contribution in [3.8, 4) is 5.75 Å². The van der Waals surface area contributed by atoms with E-state index in [9.17, 15) is 9.18 Å². The molecule has 0 heterocycles. The zero-order valence-electron chi connectivity index (χ0n) is 13.3. The van der Waals surface area contributed by atoms with Crippen molar-refractivity contribution in [1.82, 2.24) is 0 Å². The smallest absolute Gasteiger partial charge is 0.262 e. The van der Waals surface area contributed by atoms with Gasteiger partial charge in [0.05, 0.1) is 10.2 Å². The molecule has 0 saturated heterocycles. The Bertz CT molecular complexity index is 710. The minimum Gasteiger partial charge on any atom is -0.483 e. The van der Waals surface area contributed by atoms with Crippen LogP contribution in [-0.4, -0.2) is 12.5 Å². The molecule has 1 amide bonds. The van der Waals surface area contributed by atoms with E-state index in [1.807, 2.05) is 18.2 Å². The molecule has 3 nitrogen and oxygen atoms in total. The number of para-hydroxylation sites is 1. The zero-order chi connectivity index (χ0) is 17.0. The summed E-state index contributed by atoms with van der Waals surface area (Å²) in [6, 6.07) is 11.8. The van der Waals surface area contributed by atoms with E-state index in [-0.39, 0.29) is 17.7 Å². The van der Waals surface area contributed by atoms with Gasteiger partial charge >= 0.3 is 0 Å². The van der Waals surface area contributed by atoms with Gasteiger partial charge in [0.1, 0.15) is 11.6 Å². The molecule has 0 radical (unpaired) electrons. The van der Waals surface area contributed by atoms with E-state index in [1.165, 1.54) is 12.1 Å². The molecule has 1 N–H and O–H groups in total. The Hall–Kier alpha value is -1.88. The number of anilines is 1. The second-order valence-electron chi connectivity index (χ2n) is 6.21. The van der Waals surface area contributed by atoms with Gasteiger partial charge in [0.25, 0.3) is 5.91 Å². The van der Waals surface area contributed by atoms with Gasteiger partial charge < -0.3 is 10.1 Å². The fourth-order valence-electron chi connectivity index (χ4n) is 1.98. The average molecular weight is 380 g/mol. The first kappa shape index (κ1) is 17.5. The summed E-state index contributed by atoms with van der Waals surface area (Å²) in [5.41, 5.74) is 1.33. The van der Waals surface area contributed by atoms with Crippen LogP contribution >= 0.6 is 15.9 Å². The Morgan fingerprint density at radius 1 is 1.22 bits per heavy atom. The first-order valence-electron chi connectivity index (χ1n) is 7.24. The molecule has 0 fully saturated rings. The van der Waals surface area contributed by atoms with Crippen LogP contribution in [0.1, 0.15) is 26.3 Å². The summed E-state index contributed by atoms with van der Waals surface area (Å²) in [4.78, 5) is 11.9. The van der Waals surface area contributed by atoms with Gasteiger partial charge in [0.15, 0.2) is 6.61 Å². The number of nitrogens with one attached hydrogen (secondary N) is 1. The summed E-state index contributed by atoms with van der Waals surface area (Å²) in [6.45, 7) is 6.17. The van der Waals surface area contributed by atoms with Crippen molar-refractivity contribution < 1.29 is 13.9 Å². The summed E-state index contributed by atoms with van der Waals surface area (Å²) < 4.78 is 19.7. The van der Waals surface area contributed by atoms with Crippen LogP contribution in [-0.2, 0) is 10.2 Å². The van der Waals surface area contributed by atoms with Crippen molar-refractivity contribution in [3.63, 3.8) is 0 Å². The molecule has 2 rings (SSSR count). The Balaban J connectivity index is 1.98. The minimum atomic E-state index is -0.475. The normalized spacial score (nSPS) is 11.2. The number of halogens is 2. The lowest BCUT2D eigenvalue weighted by molar-refractivity contribution is -0.118. The Morgan fingerprint density at radius 2 is 1.91 bits per heavy atom. The number of amides is 1. The van der Waals surface area contributed by atoms with E-state index < -0.39 is 11.7 Å². The van der Waals surface area contributed by atoms with E-state index in [0.29, 0.717) is 5.75 Å². The van der Waals surface area contributed by atoms with Gasteiger partial charge in [-0.1, -0.05) is 39.0 Å². The number of ether oxygens (including phenoxy) is 1. The van der Waals surface area contributed by atoms with E-state index in [4.69, 9.17) is 4.74 Å². The zero-order valence-corrected chi connectivity index (χ0v) is 14.9. The van der Waals surface area contributed by atoms with E-state index >= 15 is 0 Å². The molecule has 0 aromatic heterocycles. The SMILES string of the molecule is CC(C)(C)c1ccc(OCC(=O)Nc2ccccc2F)c(Br)c1. The third kappa shape index (κ3) is 4.79. The van der Waals surface area contributed by atoms with Crippen LogP contribution in [0.4, 0.5) is 10.1 Å². The standard InChI is InChI=1S/C18H19BrFNO2/c1-18(2,3)12-8-9-16(13(19)10-12)23-11-17(22)21-15-7-5-4-6-14(15)20/h4-10H,11H2,1-3H3,(H,21,22).